The number of hydrogen-bond acceptors (Lipinski definition) is 3. The minimum absolute atomic E-state index is 0.684. The number of hydrogen-bond donors (Lipinski definition) is 1. The Kier molecular flexibility index (Phi) is 6.34. The number of likely N-dealkylation sites (tertiary alicyclic amines) is 1. The summed E-state index contributed by atoms with van der Waals surface area (Å²) in [5, 5.41) is 0. The van der Waals surface area contributed by atoms with E-state index in [4.69, 9.17) is 0 Å². The molecule has 2 fully saturated rings. The second-order valence-electron chi connectivity index (χ2n) is 8.50. The monoisotopic (exact) mass is 332 g/mol. The van der Waals surface area contributed by atoms with Gasteiger partial charge in [0.15, 0.2) is 0 Å². The predicted octanol–water partition coefficient (Wildman–Crippen LogP) is 3.69. The second-order valence-corrected chi connectivity index (χ2v) is 8.50. The van der Waals surface area contributed by atoms with Crippen molar-refractivity contribution in [2.24, 2.45) is 11.8 Å². The molecule has 1 aliphatic heterocycles. The number of rotatable bonds is 7. The molecule has 24 heavy (non-hydrogen) atoms. The molecule has 0 amide bonds. The van der Waals surface area contributed by atoms with Crippen LogP contribution in [0.25, 0.3) is 0 Å². The standard InChI is InChI=1S/C20H36N4/c1-16(2)24-10-6-9-18(14-24)13-23(3)15-19-12-21-20(22-19)11-17-7-4-5-8-17/h12,16-18H,4-11,13-15H2,1-3H3,(H,21,22)/t18-/m1/s1. The summed E-state index contributed by atoms with van der Waals surface area (Å²) in [6.07, 6.45) is 11.5. The summed E-state index contributed by atoms with van der Waals surface area (Å²) >= 11 is 0. The van der Waals surface area contributed by atoms with E-state index in [1.54, 1.807) is 0 Å². The Balaban J connectivity index is 1.44. The van der Waals surface area contributed by atoms with Gasteiger partial charge in [-0.25, -0.2) is 4.98 Å². The van der Waals surface area contributed by atoms with Gasteiger partial charge >= 0.3 is 0 Å². The summed E-state index contributed by atoms with van der Waals surface area (Å²) in [6, 6.07) is 0.684. The van der Waals surface area contributed by atoms with Crippen molar-refractivity contribution in [3.63, 3.8) is 0 Å². The van der Waals surface area contributed by atoms with E-state index < -0.39 is 0 Å². The highest BCUT2D eigenvalue weighted by Crippen LogP contribution is 2.27. The molecule has 0 bridgehead atoms. The highest BCUT2D eigenvalue weighted by molar-refractivity contribution is 5.02. The Morgan fingerprint density at radius 2 is 1.96 bits per heavy atom. The van der Waals surface area contributed by atoms with E-state index >= 15 is 0 Å². The van der Waals surface area contributed by atoms with Crippen molar-refractivity contribution in [3.8, 4) is 0 Å². The van der Waals surface area contributed by atoms with Gasteiger partial charge in [-0.15, -0.1) is 0 Å². The van der Waals surface area contributed by atoms with Crippen LogP contribution in [0.1, 0.15) is 63.9 Å². The van der Waals surface area contributed by atoms with E-state index in [-0.39, 0.29) is 0 Å². The smallest absolute Gasteiger partial charge is 0.106 e. The van der Waals surface area contributed by atoms with Crippen LogP contribution in [0.2, 0.25) is 0 Å². The summed E-state index contributed by atoms with van der Waals surface area (Å²) in [4.78, 5) is 13.3. The highest BCUT2D eigenvalue weighted by Gasteiger charge is 2.23. The lowest BCUT2D eigenvalue weighted by molar-refractivity contribution is 0.115. The van der Waals surface area contributed by atoms with Gasteiger partial charge in [-0.2, -0.15) is 0 Å². The molecule has 1 saturated heterocycles. The van der Waals surface area contributed by atoms with Gasteiger partial charge in [0.2, 0.25) is 0 Å². The molecule has 4 heteroatoms. The lowest BCUT2D eigenvalue weighted by atomic mass is 9.96. The van der Waals surface area contributed by atoms with Crippen LogP contribution in [0, 0.1) is 11.8 Å². The molecule has 1 aromatic heterocycles. The number of nitrogens with one attached hydrogen (secondary N) is 1. The molecular weight excluding hydrogens is 296 g/mol. The van der Waals surface area contributed by atoms with E-state index in [9.17, 15) is 0 Å². The highest BCUT2D eigenvalue weighted by atomic mass is 15.2. The molecule has 0 spiro atoms. The van der Waals surface area contributed by atoms with Crippen molar-refractivity contribution in [2.45, 2.75) is 71.4 Å². The van der Waals surface area contributed by atoms with Crippen molar-refractivity contribution >= 4 is 0 Å². The van der Waals surface area contributed by atoms with Gasteiger partial charge in [-0.05, 0) is 52.1 Å². The maximum atomic E-state index is 4.62. The number of aromatic amines is 1. The van der Waals surface area contributed by atoms with E-state index in [0.29, 0.717) is 6.04 Å². The van der Waals surface area contributed by atoms with Crippen LogP contribution in [0.4, 0.5) is 0 Å². The Bertz CT molecular complexity index is 490. The fourth-order valence-electron chi connectivity index (χ4n) is 4.59. The molecule has 1 aliphatic carbocycles. The number of imidazole rings is 1. The summed E-state index contributed by atoms with van der Waals surface area (Å²) in [5.41, 5.74) is 1.28. The molecule has 2 heterocycles. The van der Waals surface area contributed by atoms with Crippen LogP contribution < -0.4 is 0 Å². The normalized spacial score (nSPS) is 23.6. The molecule has 4 nitrogen and oxygen atoms in total. The topological polar surface area (TPSA) is 35.2 Å². The molecule has 0 aromatic carbocycles. The van der Waals surface area contributed by atoms with Crippen LogP contribution in [0.5, 0.6) is 0 Å². The van der Waals surface area contributed by atoms with E-state index in [1.807, 2.05) is 0 Å². The SMILES string of the molecule is CC(C)N1CCC[C@H](CN(C)Cc2cnc(CC3CCCC3)[nH]2)C1. The zero-order valence-corrected chi connectivity index (χ0v) is 15.9. The maximum absolute atomic E-state index is 4.62. The fourth-order valence-corrected chi connectivity index (χ4v) is 4.59. The number of aromatic nitrogens is 2. The zero-order valence-electron chi connectivity index (χ0n) is 15.9. The largest absolute Gasteiger partial charge is 0.345 e. The van der Waals surface area contributed by atoms with Crippen molar-refractivity contribution in [1.82, 2.24) is 19.8 Å². The first-order valence-corrected chi connectivity index (χ1v) is 10.1. The minimum Gasteiger partial charge on any atom is -0.345 e. The molecule has 0 radical (unpaired) electrons. The van der Waals surface area contributed by atoms with E-state index in [2.05, 4.69) is 46.9 Å². The van der Waals surface area contributed by atoms with Crippen molar-refractivity contribution in [2.75, 3.05) is 26.7 Å². The van der Waals surface area contributed by atoms with E-state index in [1.165, 1.54) is 69.7 Å². The van der Waals surface area contributed by atoms with E-state index in [0.717, 1.165) is 24.8 Å². The Morgan fingerprint density at radius 1 is 1.21 bits per heavy atom. The van der Waals surface area contributed by atoms with Crippen molar-refractivity contribution < 1.29 is 0 Å². The summed E-state index contributed by atoms with van der Waals surface area (Å²) in [5.74, 6) is 2.88. The Morgan fingerprint density at radius 3 is 2.71 bits per heavy atom. The molecule has 1 N–H and O–H groups in total. The number of nitrogens with zero attached hydrogens (tertiary/aromatic N) is 3. The molecule has 136 valence electrons. The first kappa shape index (κ1) is 17.9. The van der Waals surface area contributed by atoms with Crippen LogP contribution in [0.3, 0.4) is 0 Å². The van der Waals surface area contributed by atoms with Gasteiger partial charge in [-0.1, -0.05) is 25.7 Å². The Labute approximate surface area is 148 Å². The fraction of sp³-hybridized carbons (Fsp3) is 0.850. The first-order valence-electron chi connectivity index (χ1n) is 10.1. The second kappa shape index (κ2) is 8.48. The minimum atomic E-state index is 0.684. The molecule has 0 unspecified atom stereocenters. The van der Waals surface area contributed by atoms with Crippen LogP contribution >= 0.6 is 0 Å². The van der Waals surface area contributed by atoms with Crippen molar-refractivity contribution in [3.05, 3.63) is 17.7 Å². The van der Waals surface area contributed by atoms with Gasteiger partial charge in [0.25, 0.3) is 0 Å². The van der Waals surface area contributed by atoms with Gasteiger partial charge in [0, 0.05) is 44.0 Å². The third kappa shape index (κ3) is 5.06. The quantitative estimate of drug-likeness (QED) is 0.827. The lowest BCUT2D eigenvalue weighted by Gasteiger charge is -2.37. The average molecular weight is 333 g/mol. The number of H-pyrrole nitrogens is 1. The summed E-state index contributed by atoms with van der Waals surface area (Å²) < 4.78 is 0. The van der Waals surface area contributed by atoms with Crippen LogP contribution in [-0.2, 0) is 13.0 Å². The predicted molar refractivity (Wildman–Crippen MR) is 100 cm³/mol. The zero-order chi connectivity index (χ0) is 16.9. The van der Waals surface area contributed by atoms with Gasteiger partial charge in [-0.3, -0.25) is 0 Å². The summed E-state index contributed by atoms with van der Waals surface area (Å²) in [7, 11) is 2.26. The lowest BCUT2D eigenvalue weighted by Crippen LogP contribution is -2.43. The molecule has 2 aliphatic rings. The molecule has 1 aromatic rings. The molecular formula is C20H36N4. The third-order valence-electron chi connectivity index (χ3n) is 5.93. The Hall–Kier alpha value is -0.870. The average Bonchev–Trinajstić information content (AvgIpc) is 3.20. The molecule has 1 saturated carbocycles. The third-order valence-corrected chi connectivity index (χ3v) is 5.93. The van der Waals surface area contributed by atoms with Crippen LogP contribution in [0.15, 0.2) is 6.20 Å². The first-order chi connectivity index (χ1) is 11.6. The van der Waals surface area contributed by atoms with Gasteiger partial charge in [0.05, 0.1) is 0 Å². The number of piperidine rings is 1. The van der Waals surface area contributed by atoms with Gasteiger partial charge < -0.3 is 14.8 Å². The summed E-state index contributed by atoms with van der Waals surface area (Å²) in [6.45, 7) is 9.38. The van der Waals surface area contributed by atoms with Gasteiger partial charge in [0.1, 0.15) is 5.82 Å². The maximum Gasteiger partial charge on any atom is 0.106 e. The molecule has 1 atom stereocenters. The van der Waals surface area contributed by atoms with Crippen LogP contribution in [-0.4, -0.2) is 52.5 Å². The molecule has 3 rings (SSSR count). The van der Waals surface area contributed by atoms with Crippen molar-refractivity contribution in [1.29, 1.82) is 0 Å².